The van der Waals surface area contributed by atoms with Gasteiger partial charge in [-0.05, 0) is 83.9 Å². The molecule has 0 N–H and O–H groups in total. The van der Waals surface area contributed by atoms with Gasteiger partial charge in [-0.15, -0.1) is 0 Å². The van der Waals surface area contributed by atoms with Crippen molar-refractivity contribution in [2.75, 3.05) is 0 Å². The first-order valence-corrected chi connectivity index (χ1v) is 14.8. The second-order valence-corrected chi connectivity index (χ2v) is 11.2. The maximum absolute atomic E-state index is 6.34. The Kier molecular flexibility index (Phi) is 5.27. The number of hydrogen-bond acceptors (Lipinski definition) is 1. The summed E-state index contributed by atoms with van der Waals surface area (Å²) in [5.74, 6) is 0. The summed E-state index contributed by atoms with van der Waals surface area (Å²) >= 11 is 0. The molecule has 1 nitrogen and oxygen atoms in total. The Morgan fingerprint density at radius 3 is 1.58 bits per heavy atom. The SMILES string of the molecule is c1ccc(-c2ccc3ccccc3c2-c2c3ccccc3c(-c3ccc4c(c3)oc3ccccc34)c3ccccc23)cc1. The van der Waals surface area contributed by atoms with E-state index < -0.39 is 0 Å². The molecular weight excluding hydrogens is 520 g/mol. The minimum Gasteiger partial charge on any atom is -0.456 e. The van der Waals surface area contributed by atoms with Crippen molar-refractivity contribution in [3.63, 3.8) is 0 Å². The Hall–Kier alpha value is -5.66. The van der Waals surface area contributed by atoms with E-state index in [4.69, 9.17) is 4.42 Å². The molecule has 1 heterocycles. The molecule has 0 saturated carbocycles. The molecule has 0 aliphatic rings. The summed E-state index contributed by atoms with van der Waals surface area (Å²) in [6, 6.07) is 56.8. The minimum atomic E-state index is 0.913. The van der Waals surface area contributed by atoms with Crippen molar-refractivity contribution in [2.45, 2.75) is 0 Å². The molecule has 1 heteroatoms. The second kappa shape index (κ2) is 9.44. The van der Waals surface area contributed by atoms with E-state index in [-0.39, 0.29) is 0 Å². The molecule has 0 aliphatic carbocycles. The van der Waals surface area contributed by atoms with Crippen molar-refractivity contribution in [1.82, 2.24) is 0 Å². The van der Waals surface area contributed by atoms with Crippen LogP contribution < -0.4 is 0 Å². The van der Waals surface area contributed by atoms with Gasteiger partial charge < -0.3 is 4.42 Å². The van der Waals surface area contributed by atoms with Crippen molar-refractivity contribution in [2.24, 2.45) is 0 Å². The Morgan fingerprint density at radius 1 is 0.302 bits per heavy atom. The smallest absolute Gasteiger partial charge is 0.136 e. The molecule has 9 rings (SSSR count). The van der Waals surface area contributed by atoms with Gasteiger partial charge in [0.15, 0.2) is 0 Å². The van der Waals surface area contributed by atoms with E-state index in [1.165, 1.54) is 60.1 Å². The molecule has 1 aromatic heterocycles. The molecule has 0 radical (unpaired) electrons. The van der Waals surface area contributed by atoms with Crippen molar-refractivity contribution < 1.29 is 4.42 Å². The molecule has 9 aromatic rings. The Labute approximate surface area is 249 Å². The average Bonchev–Trinajstić information content (AvgIpc) is 3.45. The molecule has 0 unspecified atom stereocenters. The van der Waals surface area contributed by atoms with Gasteiger partial charge in [-0.25, -0.2) is 0 Å². The number of para-hydroxylation sites is 1. The predicted octanol–water partition coefficient (Wildman–Crippen LogP) is 12.0. The lowest BCUT2D eigenvalue weighted by atomic mass is 9.82. The third-order valence-electron chi connectivity index (χ3n) is 8.86. The third kappa shape index (κ3) is 3.65. The van der Waals surface area contributed by atoms with E-state index in [0.29, 0.717) is 0 Å². The topological polar surface area (TPSA) is 13.1 Å². The first-order chi connectivity index (χ1) is 21.3. The molecule has 43 heavy (non-hydrogen) atoms. The van der Waals surface area contributed by atoms with E-state index in [9.17, 15) is 0 Å². The summed E-state index contributed by atoms with van der Waals surface area (Å²) < 4.78 is 6.34. The molecule has 0 aliphatic heterocycles. The second-order valence-electron chi connectivity index (χ2n) is 11.2. The van der Waals surface area contributed by atoms with Crippen LogP contribution in [0.25, 0.3) is 87.6 Å². The zero-order valence-electron chi connectivity index (χ0n) is 23.4. The highest BCUT2D eigenvalue weighted by molar-refractivity contribution is 6.25. The highest BCUT2D eigenvalue weighted by Crippen LogP contribution is 2.48. The fraction of sp³-hybridized carbons (Fsp3) is 0. The molecule has 0 atom stereocenters. The van der Waals surface area contributed by atoms with Crippen molar-refractivity contribution >= 4 is 54.3 Å². The first-order valence-electron chi connectivity index (χ1n) is 14.8. The van der Waals surface area contributed by atoms with Crippen molar-refractivity contribution in [3.8, 4) is 33.4 Å². The summed E-state index contributed by atoms with van der Waals surface area (Å²) in [6.45, 7) is 0. The number of hydrogen-bond donors (Lipinski definition) is 0. The molecule has 0 bridgehead atoms. The van der Waals surface area contributed by atoms with Crippen LogP contribution in [0.15, 0.2) is 162 Å². The molecule has 8 aromatic carbocycles. The van der Waals surface area contributed by atoms with Crippen LogP contribution in [-0.4, -0.2) is 0 Å². The number of benzene rings is 8. The number of furan rings is 1. The van der Waals surface area contributed by atoms with Gasteiger partial charge in [0.2, 0.25) is 0 Å². The maximum Gasteiger partial charge on any atom is 0.136 e. The van der Waals surface area contributed by atoms with Gasteiger partial charge >= 0.3 is 0 Å². The van der Waals surface area contributed by atoms with Gasteiger partial charge in [-0.3, -0.25) is 0 Å². The molecule has 0 amide bonds. The van der Waals surface area contributed by atoms with Crippen LogP contribution in [0.3, 0.4) is 0 Å². The van der Waals surface area contributed by atoms with Crippen LogP contribution in [0.4, 0.5) is 0 Å². The van der Waals surface area contributed by atoms with Gasteiger partial charge in [0.25, 0.3) is 0 Å². The van der Waals surface area contributed by atoms with Gasteiger partial charge in [0.1, 0.15) is 11.2 Å². The average molecular weight is 547 g/mol. The van der Waals surface area contributed by atoms with Gasteiger partial charge in [-0.2, -0.15) is 0 Å². The van der Waals surface area contributed by atoms with Crippen molar-refractivity contribution in [1.29, 1.82) is 0 Å². The van der Waals surface area contributed by atoms with Gasteiger partial charge in [0, 0.05) is 10.8 Å². The summed E-state index contributed by atoms with van der Waals surface area (Å²) in [6.07, 6.45) is 0. The zero-order valence-corrected chi connectivity index (χ0v) is 23.4. The molecular formula is C42H26O. The summed E-state index contributed by atoms with van der Waals surface area (Å²) in [5, 5.41) is 9.76. The largest absolute Gasteiger partial charge is 0.456 e. The summed E-state index contributed by atoms with van der Waals surface area (Å²) in [4.78, 5) is 0. The fourth-order valence-electron chi connectivity index (χ4n) is 6.99. The van der Waals surface area contributed by atoms with Crippen molar-refractivity contribution in [3.05, 3.63) is 158 Å². The normalized spacial score (nSPS) is 11.7. The van der Waals surface area contributed by atoms with Gasteiger partial charge in [0.05, 0.1) is 0 Å². The van der Waals surface area contributed by atoms with Crippen LogP contribution in [0.5, 0.6) is 0 Å². The van der Waals surface area contributed by atoms with E-state index in [1.807, 2.05) is 12.1 Å². The third-order valence-corrected chi connectivity index (χ3v) is 8.86. The number of fused-ring (bicyclic) bond motifs is 6. The quantitative estimate of drug-likeness (QED) is 0.201. The zero-order chi connectivity index (χ0) is 28.3. The maximum atomic E-state index is 6.34. The molecule has 0 fully saturated rings. The Morgan fingerprint density at radius 2 is 0.860 bits per heavy atom. The lowest BCUT2D eigenvalue weighted by Crippen LogP contribution is -1.94. The monoisotopic (exact) mass is 546 g/mol. The van der Waals surface area contributed by atoms with Crippen LogP contribution in [-0.2, 0) is 0 Å². The van der Waals surface area contributed by atoms with E-state index in [0.717, 1.165) is 27.5 Å². The lowest BCUT2D eigenvalue weighted by Gasteiger charge is -2.21. The van der Waals surface area contributed by atoms with E-state index in [2.05, 4.69) is 146 Å². The van der Waals surface area contributed by atoms with Crippen LogP contribution in [0, 0.1) is 0 Å². The van der Waals surface area contributed by atoms with Gasteiger partial charge in [-0.1, -0.05) is 140 Å². The predicted molar refractivity (Wildman–Crippen MR) is 183 cm³/mol. The Balaban J connectivity index is 1.43. The summed E-state index contributed by atoms with van der Waals surface area (Å²) in [5.41, 5.74) is 9.24. The first kappa shape index (κ1) is 24.0. The minimum absolute atomic E-state index is 0.913. The van der Waals surface area contributed by atoms with E-state index >= 15 is 0 Å². The molecule has 0 spiro atoms. The fourth-order valence-corrected chi connectivity index (χ4v) is 6.99. The molecule has 0 saturated heterocycles. The molecule has 200 valence electrons. The Bertz CT molecular complexity index is 2440. The summed E-state index contributed by atoms with van der Waals surface area (Å²) in [7, 11) is 0. The lowest BCUT2D eigenvalue weighted by molar-refractivity contribution is 0.669. The van der Waals surface area contributed by atoms with Crippen LogP contribution in [0.2, 0.25) is 0 Å². The highest BCUT2D eigenvalue weighted by Gasteiger charge is 2.21. The highest BCUT2D eigenvalue weighted by atomic mass is 16.3. The van der Waals surface area contributed by atoms with Crippen LogP contribution >= 0.6 is 0 Å². The van der Waals surface area contributed by atoms with E-state index in [1.54, 1.807) is 0 Å². The number of rotatable bonds is 3. The standard InChI is InChI=1S/C42H26O/c1-2-12-27(13-3-1)31-24-22-28-14-4-5-15-30(28)41(31)42-36-19-8-6-17-34(36)40(35-18-7-9-20-37(35)42)29-23-25-33-32-16-10-11-21-38(32)43-39(33)26-29/h1-26H. The van der Waals surface area contributed by atoms with Crippen LogP contribution in [0.1, 0.15) is 0 Å².